The Morgan fingerprint density at radius 1 is 0.815 bits per heavy atom. The standard InChI is InChI=1S/C16H13F7N4/c17-11-13(12(18)15(20)25-14(11)19)27-5-1-4-26(6-7-27)10-3-2-9(8-24-10)16(21,22)23/h2-3,8H,1,4-7H2. The third-order valence-corrected chi connectivity index (χ3v) is 4.19. The number of anilines is 2. The van der Waals surface area contributed by atoms with Crippen molar-refractivity contribution < 1.29 is 30.7 Å². The fraction of sp³-hybridized carbons (Fsp3) is 0.375. The summed E-state index contributed by atoms with van der Waals surface area (Å²) >= 11 is 0. The van der Waals surface area contributed by atoms with Gasteiger partial charge in [0.1, 0.15) is 11.5 Å². The van der Waals surface area contributed by atoms with Crippen LogP contribution in [-0.2, 0) is 6.18 Å². The summed E-state index contributed by atoms with van der Waals surface area (Å²) < 4.78 is 92.3. The highest BCUT2D eigenvalue weighted by Crippen LogP contribution is 2.30. The molecule has 4 nitrogen and oxygen atoms in total. The summed E-state index contributed by atoms with van der Waals surface area (Å²) in [7, 11) is 0. The summed E-state index contributed by atoms with van der Waals surface area (Å²) in [4.78, 5) is 9.07. The molecule has 0 amide bonds. The molecule has 0 radical (unpaired) electrons. The summed E-state index contributed by atoms with van der Waals surface area (Å²) in [6, 6.07) is 2.09. The molecule has 3 rings (SSSR count). The minimum Gasteiger partial charge on any atom is -0.365 e. The van der Waals surface area contributed by atoms with E-state index < -0.39 is 41.0 Å². The molecule has 0 aliphatic carbocycles. The number of hydrogen-bond donors (Lipinski definition) is 0. The fourth-order valence-corrected chi connectivity index (χ4v) is 2.86. The van der Waals surface area contributed by atoms with Crippen molar-refractivity contribution in [3.05, 3.63) is 47.4 Å². The first-order valence-electron chi connectivity index (χ1n) is 7.91. The zero-order chi connectivity index (χ0) is 19.8. The topological polar surface area (TPSA) is 32.3 Å². The van der Waals surface area contributed by atoms with E-state index in [4.69, 9.17) is 0 Å². The Hall–Kier alpha value is -2.59. The molecule has 27 heavy (non-hydrogen) atoms. The van der Waals surface area contributed by atoms with Crippen molar-refractivity contribution in [1.82, 2.24) is 9.97 Å². The lowest BCUT2D eigenvalue weighted by Gasteiger charge is -2.25. The van der Waals surface area contributed by atoms with Gasteiger partial charge in [0.05, 0.1) is 5.56 Å². The summed E-state index contributed by atoms with van der Waals surface area (Å²) in [5.74, 6) is -6.40. The molecule has 1 saturated heterocycles. The Morgan fingerprint density at radius 3 is 1.96 bits per heavy atom. The van der Waals surface area contributed by atoms with Crippen molar-refractivity contribution in [2.75, 3.05) is 36.0 Å². The Balaban J connectivity index is 1.79. The lowest BCUT2D eigenvalue weighted by molar-refractivity contribution is -0.137. The van der Waals surface area contributed by atoms with Gasteiger partial charge < -0.3 is 9.80 Å². The van der Waals surface area contributed by atoms with E-state index in [0.717, 1.165) is 11.0 Å². The molecule has 11 heteroatoms. The van der Waals surface area contributed by atoms with Crippen LogP contribution in [0.15, 0.2) is 18.3 Å². The number of hydrogen-bond acceptors (Lipinski definition) is 4. The van der Waals surface area contributed by atoms with Crippen LogP contribution < -0.4 is 9.80 Å². The van der Waals surface area contributed by atoms with Crippen LogP contribution in [0.2, 0.25) is 0 Å². The smallest absolute Gasteiger partial charge is 0.365 e. The SMILES string of the molecule is Fc1nc(F)c(F)c(N2CCCN(c3ccc(C(F)(F)F)cn3)CC2)c1F. The first kappa shape index (κ1) is 19.2. The number of rotatable bonds is 2. The van der Waals surface area contributed by atoms with Gasteiger partial charge in [0.15, 0.2) is 0 Å². The highest BCUT2D eigenvalue weighted by molar-refractivity contribution is 5.50. The molecule has 3 heterocycles. The van der Waals surface area contributed by atoms with E-state index in [1.807, 2.05) is 0 Å². The first-order valence-corrected chi connectivity index (χ1v) is 7.91. The second-order valence-corrected chi connectivity index (χ2v) is 5.90. The van der Waals surface area contributed by atoms with E-state index in [9.17, 15) is 30.7 Å². The molecule has 146 valence electrons. The van der Waals surface area contributed by atoms with Gasteiger partial charge in [-0.1, -0.05) is 0 Å². The van der Waals surface area contributed by atoms with E-state index in [1.165, 1.54) is 6.07 Å². The van der Waals surface area contributed by atoms with Crippen LogP contribution in [0.1, 0.15) is 12.0 Å². The maximum absolute atomic E-state index is 13.9. The van der Waals surface area contributed by atoms with Crippen LogP contribution in [0.3, 0.4) is 0 Å². The predicted octanol–water partition coefficient (Wildman–Crippen LogP) is 3.77. The Labute approximate surface area is 149 Å². The summed E-state index contributed by atoms with van der Waals surface area (Å²) in [6.07, 6.45) is -3.47. The van der Waals surface area contributed by atoms with Gasteiger partial charge in [-0.15, -0.1) is 0 Å². The average Bonchev–Trinajstić information content (AvgIpc) is 2.86. The van der Waals surface area contributed by atoms with E-state index in [-0.39, 0.29) is 25.5 Å². The van der Waals surface area contributed by atoms with Gasteiger partial charge in [0.2, 0.25) is 11.6 Å². The largest absolute Gasteiger partial charge is 0.417 e. The second-order valence-electron chi connectivity index (χ2n) is 5.90. The number of nitrogens with zero attached hydrogens (tertiary/aromatic N) is 4. The van der Waals surface area contributed by atoms with Gasteiger partial charge in [0.25, 0.3) is 11.9 Å². The number of pyridine rings is 2. The van der Waals surface area contributed by atoms with Crippen LogP contribution in [-0.4, -0.2) is 36.1 Å². The van der Waals surface area contributed by atoms with Gasteiger partial charge >= 0.3 is 6.18 Å². The average molecular weight is 394 g/mol. The summed E-state index contributed by atoms with van der Waals surface area (Å²) in [6.45, 7) is 0.560. The zero-order valence-electron chi connectivity index (χ0n) is 13.7. The zero-order valence-corrected chi connectivity index (χ0v) is 13.7. The van der Waals surface area contributed by atoms with E-state index in [1.54, 1.807) is 4.90 Å². The third-order valence-electron chi connectivity index (χ3n) is 4.19. The van der Waals surface area contributed by atoms with Crippen molar-refractivity contribution in [2.24, 2.45) is 0 Å². The van der Waals surface area contributed by atoms with E-state index >= 15 is 0 Å². The summed E-state index contributed by atoms with van der Waals surface area (Å²) in [5, 5.41) is 0. The Bertz CT molecular complexity index is 797. The molecular weight excluding hydrogens is 381 g/mol. The van der Waals surface area contributed by atoms with E-state index in [2.05, 4.69) is 9.97 Å². The minimum atomic E-state index is -4.51. The molecular formula is C16H13F7N4. The van der Waals surface area contributed by atoms with Crippen molar-refractivity contribution in [2.45, 2.75) is 12.6 Å². The minimum absolute atomic E-state index is 0.0144. The molecule has 0 saturated carbocycles. The monoisotopic (exact) mass is 394 g/mol. The number of alkyl halides is 3. The molecule has 2 aromatic heterocycles. The molecule has 0 unspecified atom stereocenters. The fourth-order valence-electron chi connectivity index (χ4n) is 2.86. The summed E-state index contributed by atoms with van der Waals surface area (Å²) in [5.41, 5.74) is -1.74. The van der Waals surface area contributed by atoms with E-state index in [0.29, 0.717) is 19.2 Å². The molecule has 2 aromatic rings. The van der Waals surface area contributed by atoms with Crippen molar-refractivity contribution in [3.8, 4) is 0 Å². The molecule has 0 bridgehead atoms. The van der Waals surface area contributed by atoms with Gasteiger partial charge in [-0.05, 0) is 18.6 Å². The lowest BCUT2D eigenvalue weighted by Crippen LogP contribution is -2.32. The highest BCUT2D eigenvalue weighted by Gasteiger charge is 2.31. The molecule has 0 aromatic carbocycles. The van der Waals surface area contributed by atoms with Crippen LogP contribution in [0.25, 0.3) is 0 Å². The number of aromatic nitrogens is 2. The van der Waals surface area contributed by atoms with Crippen molar-refractivity contribution >= 4 is 11.5 Å². The quantitative estimate of drug-likeness (QED) is 0.574. The van der Waals surface area contributed by atoms with Crippen molar-refractivity contribution in [3.63, 3.8) is 0 Å². The molecule has 1 aliphatic heterocycles. The molecule has 0 spiro atoms. The van der Waals surface area contributed by atoms with Crippen LogP contribution in [0.4, 0.5) is 42.2 Å². The lowest BCUT2D eigenvalue weighted by atomic mass is 10.2. The molecule has 0 atom stereocenters. The molecule has 0 N–H and O–H groups in total. The van der Waals surface area contributed by atoms with Crippen LogP contribution in [0.5, 0.6) is 0 Å². The normalized spacial score (nSPS) is 15.8. The van der Waals surface area contributed by atoms with Gasteiger partial charge in [0, 0.05) is 32.4 Å². The molecule has 1 aliphatic rings. The van der Waals surface area contributed by atoms with Crippen LogP contribution in [0, 0.1) is 23.5 Å². The predicted molar refractivity (Wildman–Crippen MR) is 82.4 cm³/mol. The maximum atomic E-state index is 13.9. The van der Waals surface area contributed by atoms with Gasteiger partial charge in [-0.2, -0.15) is 35.7 Å². The van der Waals surface area contributed by atoms with Gasteiger partial charge in [-0.3, -0.25) is 0 Å². The second kappa shape index (κ2) is 7.20. The Morgan fingerprint density at radius 2 is 1.41 bits per heavy atom. The van der Waals surface area contributed by atoms with Crippen LogP contribution >= 0.6 is 0 Å². The number of halogens is 7. The Kier molecular flexibility index (Phi) is 5.11. The highest BCUT2D eigenvalue weighted by atomic mass is 19.4. The third kappa shape index (κ3) is 3.91. The van der Waals surface area contributed by atoms with Gasteiger partial charge in [-0.25, -0.2) is 4.98 Å². The van der Waals surface area contributed by atoms with Crippen molar-refractivity contribution in [1.29, 1.82) is 0 Å². The molecule has 1 fully saturated rings. The maximum Gasteiger partial charge on any atom is 0.417 e. The first-order chi connectivity index (χ1) is 12.7.